The molecule has 1 aromatic carbocycles. The molecule has 0 atom stereocenters. The third-order valence-electron chi connectivity index (χ3n) is 1.26. The van der Waals surface area contributed by atoms with Crippen molar-refractivity contribution in [2.24, 2.45) is 0 Å². The Morgan fingerprint density at radius 1 is 1.42 bits per heavy atom. The summed E-state index contributed by atoms with van der Waals surface area (Å²) in [6, 6.07) is 4.71. The lowest BCUT2D eigenvalue weighted by Gasteiger charge is -2.08. The predicted octanol–water partition coefficient (Wildman–Crippen LogP) is 1.98. The van der Waals surface area contributed by atoms with Crippen LogP contribution in [0.25, 0.3) is 0 Å². The fraction of sp³-hybridized carbons (Fsp3) is 0.250. The summed E-state index contributed by atoms with van der Waals surface area (Å²) in [5, 5.41) is 0. The van der Waals surface area contributed by atoms with Gasteiger partial charge in [0.15, 0.2) is 0 Å². The van der Waals surface area contributed by atoms with Crippen LogP contribution in [0.3, 0.4) is 0 Å². The van der Waals surface area contributed by atoms with Crippen LogP contribution < -0.4 is 5.73 Å². The third-order valence-corrected chi connectivity index (χ3v) is 2.09. The van der Waals surface area contributed by atoms with Gasteiger partial charge in [-0.25, -0.2) is 4.39 Å². The molecule has 0 saturated heterocycles. The zero-order chi connectivity index (χ0) is 9.14. The van der Waals surface area contributed by atoms with Gasteiger partial charge in [-0.05, 0) is 44.2 Å². The van der Waals surface area contributed by atoms with Crippen molar-refractivity contribution in [3.05, 3.63) is 24.0 Å². The molecular formula is C8H11FN2S. The minimum Gasteiger partial charge on any atom is -0.396 e. The number of nitrogens with two attached hydrogens (primary N) is 1. The van der Waals surface area contributed by atoms with Crippen LogP contribution in [0, 0.1) is 5.82 Å². The quantitative estimate of drug-likeness (QED) is 0.565. The van der Waals surface area contributed by atoms with Crippen LogP contribution in [0.5, 0.6) is 0 Å². The molecule has 0 saturated carbocycles. The molecule has 0 unspecified atom stereocenters. The van der Waals surface area contributed by atoms with Crippen molar-refractivity contribution < 1.29 is 4.39 Å². The largest absolute Gasteiger partial charge is 0.396 e. The average Bonchev–Trinajstić information content (AvgIpc) is 1.96. The van der Waals surface area contributed by atoms with Crippen LogP contribution in [-0.4, -0.2) is 18.4 Å². The lowest BCUT2D eigenvalue weighted by Crippen LogP contribution is -1.99. The highest BCUT2D eigenvalue weighted by Gasteiger charge is 2.00. The van der Waals surface area contributed by atoms with Crippen LogP contribution in [0.4, 0.5) is 10.1 Å². The van der Waals surface area contributed by atoms with Crippen LogP contribution >= 0.6 is 11.9 Å². The lowest BCUT2D eigenvalue weighted by atomic mass is 10.3. The maximum Gasteiger partial charge on any atom is 0.146 e. The summed E-state index contributed by atoms with van der Waals surface area (Å²) in [5.74, 6) is -0.363. The molecule has 0 radical (unpaired) electrons. The van der Waals surface area contributed by atoms with Gasteiger partial charge in [0, 0.05) is 4.90 Å². The van der Waals surface area contributed by atoms with Gasteiger partial charge in [0.2, 0.25) is 0 Å². The molecule has 0 heterocycles. The molecule has 0 aromatic heterocycles. The van der Waals surface area contributed by atoms with Crippen molar-refractivity contribution in [3.8, 4) is 0 Å². The van der Waals surface area contributed by atoms with Crippen molar-refractivity contribution in [1.82, 2.24) is 4.31 Å². The second-order valence-electron chi connectivity index (χ2n) is 2.59. The highest BCUT2D eigenvalue weighted by atomic mass is 32.2. The Labute approximate surface area is 75.7 Å². The van der Waals surface area contributed by atoms with Gasteiger partial charge >= 0.3 is 0 Å². The Hall–Kier alpha value is -0.740. The van der Waals surface area contributed by atoms with Crippen molar-refractivity contribution in [2.45, 2.75) is 4.90 Å². The maximum atomic E-state index is 12.7. The van der Waals surface area contributed by atoms with E-state index < -0.39 is 0 Å². The van der Waals surface area contributed by atoms with Gasteiger partial charge in [0.1, 0.15) is 5.82 Å². The maximum absolute atomic E-state index is 12.7. The highest BCUT2D eigenvalue weighted by molar-refractivity contribution is 7.97. The number of halogens is 1. The molecule has 12 heavy (non-hydrogen) atoms. The molecule has 0 aliphatic rings. The predicted molar refractivity (Wildman–Crippen MR) is 50.4 cm³/mol. The van der Waals surface area contributed by atoms with Gasteiger partial charge < -0.3 is 5.73 Å². The zero-order valence-corrected chi connectivity index (χ0v) is 7.86. The topological polar surface area (TPSA) is 29.3 Å². The monoisotopic (exact) mass is 186 g/mol. The molecule has 0 aliphatic heterocycles. The second-order valence-corrected chi connectivity index (χ2v) is 3.97. The van der Waals surface area contributed by atoms with E-state index in [4.69, 9.17) is 5.73 Å². The van der Waals surface area contributed by atoms with Gasteiger partial charge in [0.25, 0.3) is 0 Å². The van der Waals surface area contributed by atoms with E-state index in [2.05, 4.69) is 0 Å². The molecular weight excluding hydrogens is 175 g/mol. The fourth-order valence-corrected chi connectivity index (χ4v) is 1.52. The van der Waals surface area contributed by atoms with Gasteiger partial charge in [-0.1, -0.05) is 0 Å². The van der Waals surface area contributed by atoms with E-state index in [1.807, 2.05) is 18.4 Å². The summed E-state index contributed by atoms with van der Waals surface area (Å²) in [6.07, 6.45) is 0. The Balaban J connectivity index is 2.82. The molecule has 1 rings (SSSR count). The van der Waals surface area contributed by atoms with E-state index >= 15 is 0 Å². The third kappa shape index (κ3) is 2.39. The molecule has 0 amide bonds. The van der Waals surface area contributed by atoms with Crippen LogP contribution in [0.1, 0.15) is 0 Å². The summed E-state index contributed by atoms with van der Waals surface area (Å²) in [5.41, 5.74) is 5.59. The molecule has 4 heteroatoms. The van der Waals surface area contributed by atoms with Gasteiger partial charge in [-0.15, -0.1) is 0 Å². The Morgan fingerprint density at radius 2 is 2.08 bits per heavy atom. The molecule has 1 aromatic rings. The standard InChI is InChI=1S/C8H11FN2S/c1-11(2)12-6-3-4-7(9)8(10)5-6/h3-5H,10H2,1-2H3. The first kappa shape index (κ1) is 9.35. The van der Waals surface area contributed by atoms with E-state index in [1.54, 1.807) is 12.1 Å². The first-order valence-electron chi connectivity index (χ1n) is 3.50. The van der Waals surface area contributed by atoms with Gasteiger partial charge in [-0.3, -0.25) is 4.31 Å². The van der Waals surface area contributed by atoms with E-state index in [-0.39, 0.29) is 11.5 Å². The Kier molecular flexibility index (Phi) is 2.94. The minimum absolute atomic E-state index is 0.196. The smallest absolute Gasteiger partial charge is 0.146 e. The summed E-state index contributed by atoms with van der Waals surface area (Å²) < 4.78 is 14.6. The number of hydrogen-bond donors (Lipinski definition) is 1. The van der Waals surface area contributed by atoms with Crippen molar-refractivity contribution in [1.29, 1.82) is 0 Å². The molecule has 0 bridgehead atoms. The number of nitrogen functional groups attached to an aromatic ring is 1. The van der Waals surface area contributed by atoms with Gasteiger partial charge in [-0.2, -0.15) is 0 Å². The highest BCUT2D eigenvalue weighted by Crippen LogP contribution is 2.23. The first-order chi connectivity index (χ1) is 5.59. The molecule has 66 valence electrons. The van der Waals surface area contributed by atoms with E-state index in [0.29, 0.717) is 0 Å². The Bertz CT molecular complexity index is 276. The normalized spacial score (nSPS) is 10.7. The summed E-state index contributed by atoms with van der Waals surface area (Å²) in [6.45, 7) is 0. The number of rotatable bonds is 2. The van der Waals surface area contributed by atoms with Crippen molar-refractivity contribution in [2.75, 3.05) is 19.8 Å². The first-order valence-corrected chi connectivity index (χ1v) is 4.27. The summed E-state index contributed by atoms with van der Waals surface area (Å²) >= 11 is 1.51. The second kappa shape index (κ2) is 3.78. The Morgan fingerprint density at radius 3 is 2.58 bits per heavy atom. The molecule has 0 spiro atoms. The van der Waals surface area contributed by atoms with Crippen molar-refractivity contribution in [3.63, 3.8) is 0 Å². The average molecular weight is 186 g/mol. The number of benzene rings is 1. The summed E-state index contributed by atoms with van der Waals surface area (Å²) in [4.78, 5) is 0.943. The molecule has 0 aliphatic carbocycles. The molecule has 2 nitrogen and oxygen atoms in total. The van der Waals surface area contributed by atoms with Crippen LogP contribution in [0.2, 0.25) is 0 Å². The minimum atomic E-state index is -0.363. The number of hydrogen-bond acceptors (Lipinski definition) is 3. The van der Waals surface area contributed by atoms with Crippen LogP contribution in [-0.2, 0) is 0 Å². The SMILES string of the molecule is CN(C)Sc1ccc(F)c(N)c1. The van der Waals surface area contributed by atoms with Gasteiger partial charge in [0.05, 0.1) is 5.69 Å². The number of nitrogens with zero attached hydrogens (tertiary/aromatic N) is 1. The van der Waals surface area contributed by atoms with Crippen LogP contribution in [0.15, 0.2) is 23.1 Å². The lowest BCUT2D eigenvalue weighted by molar-refractivity contribution is 0.631. The van der Waals surface area contributed by atoms with E-state index in [9.17, 15) is 4.39 Å². The summed E-state index contributed by atoms with van der Waals surface area (Å²) in [7, 11) is 3.84. The van der Waals surface area contributed by atoms with E-state index in [1.165, 1.54) is 18.0 Å². The number of anilines is 1. The van der Waals surface area contributed by atoms with Crippen molar-refractivity contribution >= 4 is 17.6 Å². The molecule has 2 N–H and O–H groups in total. The molecule has 0 fully saturated rings. The fourth-order valence-electron chi connectivity index (χ4n) is 0.789. The zero-order valence-electron chi connectivity index (χ0n) is 7.04. The van der Waals surface area contributed by atoms with E-state index in [0.717, 1.165) is 4.90 Å².